The molecule has 0 saturated carbocycles. The van der Waals surface area contributed by atoms with Crippen molar-refractivity contribution in [1.82, 2.24) is 25.5 Å². The summed E-state index contributed by atoms with van der Waals surface area (Å²) in [5.74, 6) is -0.380. The first-order valence-corrected chi connectivity index (χ1v) is 17.5. The molecular formula is C34H48N8O4S. The van der Waals surface area contributed by atoms with Crippen LogP contribution < -0.4 is 24.7 Å². The number of rotatable bonds is 13. The van der Waals surface area contributed by atoms with Crippen molar-refractivity contribution in [3.8, 4) is 0 Å². The van der Waals surface area contributed by atoms with E-state index in [1.165, 1.54) is 17.9 Å². The molecule has 0 bridgehead atoms. The first-order valence-electron chi connectivity index (χ1n) is 16.8. The summed E-state index contributed by atoms with van der Waals surface area (Å²) in [4.78, 5) is 45.7. The molecule has 254 valence electrons. The Morgan fingerprint density at radius 1 is 1.02 bits per heavy atom. The largest absolute Gasteiger partial charge is 0.369 e. The van der Waals surface area contributed by atoms with Crippen LogP contribution in [0.15, 0.2) is 42.5 Å². The minimum Gasteiger partial charge on any atom is -0.369 e. The molecule has 4 heterocycles. The molecule has 2 aromatic rings. The lowest BCUT2D eigenvalue weighted by molar-refractivity contribution is -0.125. The van der Waals surface area contributed by atoms with Gasteiger partial charge in [0.2, 0.25) is 5.91 Å². The van der Waals surface area contributed by atoms with E-state index in [1.54, 1.807) is 11.9 Å². The van der Waals surface area contributed by atoms with Gasteiger partial charge < -0.3 is 30.1 Å². The van der Waals surface area contributed by atoms with Crippen molar-refractivity contribution in [2.24, 2.45) is 0 Å². The second-order valence-corrected chi connectivity index (χ2v) is 13.7. The molecule has 2 N–H and O–H groups in total. The molecule has 0 spiro atoms. The zero-order valence-electron chi connectivity index (χ0n) is 27.8. The predicted molar refractivity (Wildman–Crippen MR) is 186 cm³/mol. The average molecular weight is 665 g/mol. The maximum absolute atomic E-state index is 13.2. The number of fused-ring (bicyclic) bond motifs is 1. The number of hydrogen-bond acceptors (Lipinski definition) is 11. The lowest BCUT2D eigenvalue weighted by Gasteiger charge is -2.49. The topological polar surface area (TPSA) is 104 Å². The second kappa shape index (κ2) is 15.2. The zero-order valence-corrected chi connectivity index (χ0v) is 28.6. The van der Waals surface area contributed by atoms with Crippen LogP contribution in [0, 0.1) is 0 Å². The Balaban J connectivity index is 0.969. The van der Waals surface area contributed by atoms with Crippen LogP contribution in [0.3, 0.4) is 0 Å². The number of benzene rings is 2. The van der Waals surface area contributed by atoms with Gasteiger partial charge in [0.05, 0.1) is 5.69 Å². The normalized spacial score (nSPS) is 20.2. The lowest BCUT2D eigenvalue weighted by Crippen LogP contribution is -2.63. The van der Waals surface area contributed by atoms with E-state index in [-0.39, 0.29) is 18.2 Å². The van der Waals surface area contributed by atoms with Crippen molar-refractivity contribution in [1.29, 1.82) is 0 Å². The monoisotopic (exact) mass is 664 g/mol. The van der Waals surface area contributed by atoms with Crippen molar-refractivity contribution in [3.63, 3.8) is 0 Å². The Hall–Kier alpha value is -3.36. The van der Waals surface area contributed by atoms with Crippen molar-refractivity contribution in [2.75, 3.05) is 87.6 Å². The number of anilines is 3. The molecule has 3 saturated heterocycles. The number of carbonyl (C=O) groups is 3. The highest BCUT2D eigenvalue weighted by molar-refractivity contribution is 7.96. The van der Waals surface area contributed by atoms with Crippen LogP contribution in [-0.4, -0.2) is 125 Å². The van der Waals surface area contributed by atoms with E-state index in [2.05, 4.69) is 72.1 Å². The van der Waals surface area contributed by atoms with Gasteiger partial charge in [0.15, 0.2) is 0 Å². The van der Waals surface area contributed by atoms with Gasteiger partial charge in [-0.05, 0) is 68.3 Å². The van der Waals surface area contributed by atoms with E-state index >= 15 is 0 Å². The number of carbonyl (C=O) groups excluding carboxylic acids is 3. The van der Waals surface area contributed by atoms with Gasteiger partial charge in [-0.25, -0.2) is 4.28 Å². The van der Waals surface area contributed by atoms with Crippen LogP contribution in [0.5, 0.6) is 0 Å². The number of aldehydes is 1. The third-order valence-corrected chi connectivity index (χ3v) is 10.8. The SMILES string of the molecule is CNC(=O)C(CCC=O)N1Cc2cc(N3CC(N4CCN(c5cccc(N(C)SON6CCC(NC)CC6)c5)CC4)C3)ccc2C1=O. The molecule has 1 atom stereocenters. The molecule has 2 amide bonds. The highest BCUT2D eigenvalue weighted by Crippen LogP contribution is 2.33. The number of amides is 2. The third-order valence-electron chi connectivity index (χ3n) is 10.1. The molecule has 0 radical (unpaired) electrons. The summed E-state index contributed by atoms with van der Waals surface area (Å²) in [6.07, 6.45) is 3.56. The Kier molecular flexibility index (Phi) is 10.9. The molecule has 12 nitrogen and oxygen atoms in total. The Morgan fingerprint density at radius 2 is 1.77 bits per heavy atom. The maximum atomic E-state index is 13.2. The van der Waals surface area contributed by atoms with E-state index in [1.807, 2.05) is 19.2 Å². The smallest absolute Gasteiger partial charge is 0.255 e. The van der Waals surface area contributed by atoms with Gasteiger partial charge in [0.25, 0.3) is 5.91 Å². The van der Waals surface area contributed by atoms with Gasteiger partial charge in [-0.2, -0.15) is 5.06 Å². The molecule has 2 aromatic carbocycles. The molecule has 0 aliphatic carbocycles. The summed E-state index contributed by atoms with van der Waals surface area (Å²) in [5.41, 5.74) is 5.07. The van der Waals surface area contributed by atoms with Gasteiger partial charge in [-0.3, -0.25) is 18.8 Å². The molecule has 47 heavy (non-hydrogen) atoms. The van der Waals surface area contributed by atoms with Crippen molar-refractivity contribution < 1.29 is 18.7 Å². The van der Waals surface area contributed by atoms with Gasteiger partial charge in [-0.15, -0.1) is 0 Å². The molecule has 1 unspecified atom stereocenters. The van der Waals surface area contributed by atoms with Crippen LogP contribution in [0.25, 0.3) is 0 Å². The minimum atomic E-state index is -0.645. The van der Waals surface area contributed by atoms with Crippen molar-refractivity contribution in [2.45, 2.75) is 50.4 Å². The molecule has 4 aliphatic rings. The van der Waals surface area contributed by atoms with Gasteiger partial charge in [0.1, 0.15) is 24.6 Å². The quantitative estimate of drug-likeness (QED) is 0.188. The van der Waals surface area contributed by atoms with Crippen molar-refractivity contribution >= 4 is 47.4 Å². The Labute approximate surface area is 282 Å². The van der Waals surface area contributed by atoms with Crippen LogP contribution in [0.4, 0.5) is 17.1 Å². The standard InChI is InChI=1S/C34H48N8O4S/c1-35-26-11-13-41(14-12-26)46-47-37(3)27-6-4-7-28(21-27)38-15-17-39(18-16-38)30-23-40(24-30)29-9-10-31-25(20-29)22-42(34(31)45)32(8-5-19-43)33(44)36-2/h4,6-7,9-10,19-21,26,30,32,35H,5,8,11-18,22-24H2,1-3H3,(H,36,44). The predicted octanol–water partition coefficient (Wildman–Crippen LogP) is 2.36. The fraction of sp³-hybridized carbons (Fsp3) is 0.559. The average Bonchev–Trinajstić information content (AvgIpc) is 3.42. The number of nitrogens with zero attached hydrogens (tertiary/aromatic N) is 6. The zero-order chi connectivity index (χ0) is 32.9. The van der Waals surface area contributed by atoms with Crippen molar-refractivity contribution in [3.05, 3.63) is 53.6 Å². The number of likely N-dealkylation sites (N-methyl/N-ethyl adjacent to an activating group) is 1. The molecule has 0 aromatic heterocycles. The van der Waals surface area contributed by atoms with E-state index in [0.717, 1.165) is 88.4 Å². The second-order valence-electron chi connectivity index (χ2n) is 12.9. The van der Waals surface area contributed by atoms with Gasteiger partial charge >= 0.3 is 0 Å². The van der Waals surface area contributed by atoms with Crippen LogP contribution in [0.2, 0.25) is 0 Å². The number of nitrogens with one attached hydrogen (secondary N) is 2. The number of hydroxylamine groups is 2. The molecule has 6 rings (SSSR count). The Morgan fingerprint density at radius 3 is 2.47 bits per heavy atom. The summed E-state index contributed by atoms with van der Waals surface area (Å²) >= 11 is 1.39. The van der Waals surface area contributed by atoms with E-state index < -0.39 is 6.04 Å². The summed E-state index contributed by atoms with van der Waals surface area (Å²) in [5, 5.41) is 8.06. The molecule has 3 fully saturated rings. The number of hydrogen-bond donors (Lipinski definition) is 2. The van der Waals surface area contributed by atoms with Crippen LogP contribution in [-0.2, 0) is 20.4 Å². The van der Waals surface area contributed by atoms with Crippen LogP contribution >= 0.6 is 12.2 Å². The third kappa shape index (κ3) is 7.54. The molecular weight excluding hydrogens is 616 g/mol. The van der Waals surface area contributed by atoms with E-state index in [4.69, 9.17) is 4.28 Å². The summed E-state index contributed by atoms with van der Waals surface area (Å²) < 4.78 is 8.12. The maximum Gasteiger partial charge on any atom is 0.255 e. The van der Waals surface area contributed by atoms with Gasteiger partial charge in [0, 0.05) is 108 Å². The van der Waals surface area contributed by atoms with E-state index in [9.17, 15) is 14.4 Å². The van der Waals surface area contributed by atoms with Gasteiger partial charge in [-0.1, -0.05) is 6.07 Å². The molecule has 13 heteroatoms. The first-order chi connectivity index (χ1) is 22.9. The fourth-order valence-corrected chi connectivity index (χ4v) is 7.63. The minimum absolute atomic E-state index is 0.143. The highest BCUT2D eigenvalue weighted by atomic mass is 32.2. The first kappa shape index (κ1) is 33.5. The Bertz CT molecular complexity index is 1410. The van der Waals surface area contributed by atoms with Crippen LogP contribution in [0.1, 0.15) is 41.6 Å². The van der Waals surface area contributed by atoms with E-state index in [0.29, 0.717) is 30.6 Å². The summed E-state index contributed by atoms with van der Waals surface area (Å²) in [6.45, 7) is 8.20. The number of piperidine rings is 1. The lowest BCUT2D eigenvalue weighted by atomic mass is 10.0. The number of piperazine rings is 1. The fourth-order valence-electron chi connectivity index (χ4n) is 7.09. The molecule has 4 aliphatic heterocycles. The summed E-state index contributed by atoms with van der Waals surface area (Å²) in [6, 6.07) is 15.2. The summed E-state index contributed by atoms with van der Waals surface area (Å²) in [7, 11) is 5.64. The highest BCUT2D eigenvalue weighted by Gasteiger charge is 2.38.